The molecule has 23 heavy (non-hydrogen) atoms. The molecule has 2 rings (SSSR count). The molecule has 2 amide bonds. The van der Waals surface area contributed by atoms with Crippen molar-refractivity contribution < 1.29 is 9.53 Å². The van der Waals surface area contributed by atoms with Gasteiger partial charge in [0.15, 0.2) is 6.73 Å². The Morgan fingerprint density at radius 1 is 1.00 bits per heavy atom. The summed E-state index contributed by atoms with van der Waals surface area (Å²) in [5.41, 5.74) is 4.18. The van der Waals surface area contributed by atoms with Crippen molar-refractivity contribution in [1.29, 1.82) is 0 Å². The average Bonchev–Trinajstić information content (AvgIpc) is 2.57. The molecule has 2 aromatic carbocycles. The van der Waals surface area contributed by atoms with E-state index in [9.17, 15) is 4.79 Å². The van der Waals surface area contributed by atoms with Gasteiger partial charge >= 0.3 is 6.03 Å². The van der Waals surface area contributed by atoms with Crippen LogP contribution in [0, 0.1) is 6.92 Å². The van der Waals surface area contributed by atoms with E-state index in [0.29, 0.717) is 0 Å². The molecule has 0 fully saturated rings. The number of anilines is 1. The number of benzene rings is 2. The fourth-order valence-electron chi connectivity index (χ4n) is 2.48. The van der Waals surface area contributed by atoms with Crippen molar-refractivity contribution in [2.24, 2.45) is 0 Å². The molecule has 0 radical (unpaired) electrons. The first-order valence-corrected chi connectivity index (χ1v) is 7.99. The lowest BCUT2D eigenvalue weighted by Crippen LogP contribution is -2.32. The standard InChI is InChI=1S/C19H24N2O2/c1-4-15-10-6-7-12-17(15)23-13-20-19(22)21-18-14(3)9-8-11-16(18)5-2/h6-12H,4-5,13H2,1-3H3,(H2,20,21,22). The van der Waals surface area contributed by atoms with Crippen molar-refractivity contribution in [3.8, 4) is 5.75 Å². The highest BCUT2D eigenvalue weighted by atomic mass is 16.5. The number of para-hydroxylation sites is 2. The van der Waals surface area contributed by atoms with Gasteiger partial charge in [-0.2, -0.15) is 0 Å². The van der Waals surface area contributed by atoms with Gasteiger partial charge in [-0.3, -0.25) is 0 Å². The number of nitrogens with one attached hydrogen (secondary N) is 2. The number of rotatable bonds is 6. The first-order valence-electron chi connectivity index (χ1n) is 7.99. The largest absolute Gasteiger partial charge is 0.473 e. The molecule has 0 atom stereocenters. The highest BCUT2D eigenvalue weighted by Gasteiger charge is 2.08. The summed E-state index contributed by atoms with van der Waals surface area (Å²) in [6, 6.07) is 13.6. The highest BCUT2D eigenvalue weighted by Crippen LogP contribution is 2.21. The zero-order chi connectivity index (χ0) is 16.7. The maximum Gasteiger partial charge on any atom is 0.321 e. The van der Waals surface area contributed by atoms with Crippen LogP contribution in [-0.2, 0) is 12.8 Å². The zero-order valence-electron chi connectivity index (χ0n) is 14.0. The van der Waals surface area contributed by atoms with Crippen LogP contribution < -0.4 is 15.4 Å². The van der Waals surface area contributed by atoms with E-state index in [0.717, 1.165) is 41.0 Å². The Bertz CT molecular complexity index is 668. The van der Waals surface area contributed by atoms with Gasteiger partial charge < -0.3 is 15.4 Å². The molecule has 0 aliphatic carbocycles. The summed E-state index contributed by atoms with van der Waals surface area (Å²) in [6.45, 7) is 6.27. The number of hydrogen-bond acceptors (Lipinski definition) is 2. The van der Waals surface area contributed by atoms with Gasteiger partial charge in [-0.25, -0.2) is 4.79 Å². The third kappa shape index (κ3) is 4.49. The van der Waals surface area contributed by atoms with E-state index in [1.165, 1.54) is 0 Å². The second kappa shape index (κ2) is 8.22. The van der Waals surface area contributed by atoms with E-state index in [2.05, 4.69) is 24.5 Å². The van der Waals surface area contributed by atoms with Crippen LogP contribution >= 0.6 is 0 Å². The molecule has 0 heterocycles. The van der Waals surface area contributed by atoms with Gasteiger partial charge in [0.2, 0.25) is 0 Å². The van der Waals surface area contributed by atoms with E-state index in [-0.39, 0.29) is 12.8 Å². The maximum atomic E-state index is 12.1. The molecule has 4 nitrogen and oxygen atoms in total. The molecule has 122 valence electrons. The summed E-state index contributed by atoms with van der Waals surface area (Å²) in [5.74, 6) is 0.806. The molecule has 2 N–H and O–H groups in total. The number of amides is 2. The highest BCUT2D eigenvalue weighted by molar-refractivity contribution is 5.90. The predicted octanol–water partition coefficient (Wildman–Crippen LogP) is 4.28. The Morgan fingerprint density at radius 3 is 2.43 bits per heavy atom. The molecule has 4 heteroatoms. The minimum Gasteiger partial charge on any atom is -0.473 e. The van der Waals surface area contributed by atoms with Crippen LogP contribution in [0.25, 0.3) is 0 Å². The molecular weight excluding hydrogens is 288 g/mol. The van der Waals surface area contributed by atoms with Gasteiger partial charge in [-0.1, -0.05) is 50.2 Å². The van der Waals surface area contributed by atoms with E-state index >= 15 is 0 Å². The smallest absolute Gasteiger partial charge is 0.321 e. The van der Waals surface area contributed by atoms with Crippen LogP contribution in [0.5, 0.6) is 5.75 Å². The molecule has 0 bridgehead atoms. The van der Waals surface area contributed by atoms with Crippen LogP contribution in [0.3, 0.4) is 0 Å². The maximum absolute atomic E-state index is 12.1. The minimum atomic E-state index is -0.261. The Hall–Kier alpha value is -2.49. The summed E-state index contributed by atoms with van der Waals surface area (Å²) >= 11 is 0. The number of carbonyl (C=O) groups is 1. The van der Waals surface area contributed by atoms with Gasteiger partial charge in [0, 0.05) is 5.69 Å². The fraction of sp³-hybridized carbons (Fsp3) is 0.316. The molecule has 0 spiro atoms. The lowest BCUT2D eigenvalue weighted by atomic mass is 10.1. The first kappa shape index (κ1) is 16.9. The van der Waals surface area contributed by atoms with Crippen molar-refractivity contribution in [2.45, 2.75) is 33.6 Å². The number of carbonyl (C=O) groups excluding carboxylic acids is 1. The van der Waals surface area contributed by atoms with Gasteiger partial charge in [-0.05, 0) is 42.5 Å². The first-order chi connectivity index (χ1) is 11.2. The molecule has 0 aromatic heterocycles. The third-order valence-corrected chi connectivity index (χ3v) is 3.79. The Morgan fingerprint density at radius 2 is 1.70 bits per heavy atom. The van der Waals surface area contributed by atoms with Crippen molar-refractivity contribution in [3.63, 3.8) is 0 Å². The second-order valence-corrected chi connectivity index (χ2v) is 5.34. The van der Waals surface area contributed by atoms with Gasteiger partial charge in [0.25, 0.3) is 0 Å². The summed E-state index contributed by atoms with van der Waals surface area (Å²) < 4.78 is 5.65. The SMILES string of the molecule is CCc1ccccc1OCNC(=O)Nc1c(C)cccc1CC. The van der Waals surface area contributed by atoms with E-state index in [4.69, 9.17) is 4.74 Å². The Labute approximate surface area is 137 Å². The van der Waals surface area contributed by atoms with E-state index in [1.807, 2.05) is 49.4 Å². The number of aryl methyl sites for hydroxylation is 3. The van der Waals surface area contributed by atoms with Gasteiger partial charge in [-0.15, -0.1) is 0 Å². The molecule has 2 aromatic rings. The second-order valence-electron chi connectivity index (χ2n) is 5.34. The lowest BCUT2D eigenvalue weighted by Gasteiger charge is -2.15. The summed E-state index contributed by atoms with van der Waals surface area (Å²) in [5, 5.41) is 5.65. The Balaban J connectivity index is 1.91. The lowest BCUT2D eigenvalue weighted by molar-refractivity contribution is 0.234. The monoisotopic (exact) mass is 312 g/mol. The fourth-order valence-corrected chi connectivity index (χ4v) is 2.48. The van der Waals surface area contributed by atoms with Crippen LogP contribution in [0.15, 0.2) is 42.5 Å². The van der Waals surface area contributed by atoms with Crippen LogP contribution in [0.2, 0.25) is 0 Å². The summed E-state index contributed by atoms with van der Waals surface area (Å²) in [7, 11) is 0. The molecule has 0 unspecified atom stereocenters. The molecule has 0 aliphatic heterocycles. The summed E-state index contributed by atoms with van der Waals surface area (Å²) in [4.78, 5) is 12.1. The van der Waals surface area contributed by atoms with Crippen LogP contribution in [0.1, 0.15) is 30.5 Å². The third-order valence-electron chi connectivity index (χ3n) is 3.79. The van der Waals surface area contributed by atoms with Crippen molar-refractivity contribution in [3.05, 3.63) is 59.2 Å². The zero-order valence-corrected chi connectivity index (χ0v) is 14.0. The number of urea groups is 1. The van der Waals surface area contributed by atoms with Crippen LogP contribution in [-0.4, -0.2) is 12.8 Å². The molecule has 0 saturated heterocycles. The normalized spacial score (nSPS) is 10.2. The van der Waals surface area contributed by atoms with Gasteiger partial charge in [0.1, 0.15) is 5.75 Å². The van der Waals surface area contributed by atoms with Gasteiger partial charge in [0.05, 0.1) is 0 Å². The molecular formula is C19H24N2O2. The van der Waals surface area contributed by atoms with Crippen LogP contribution in [0.4, 0.5) is 10.5 Å². The average molecular weight is 312 g/mol. The van der Waals surface area contributed by atoms with E-state index in [1.54, 1.807) is 0 Å². The van der Waals surface area contributed by atoms with Crippen molar-refractivity contribution >= 4 is 11.7 Å². The van der Waals surface area contributed by atoms with Crippen molar-refractivity contribution in [1.82, 2.24) is 5.32 Å². The Kier molecular flexibility index (Phi) is 6.03. The van der Waals surface area contributed by atoms with Crippen molar-refractivity contribution in [2.75, 3.05) is 12.0 Å². The predicted molar refractivity (Wildman–Crippen MR) is 94.0 cm³/mol. The van der Waals surface area contributed by atoms with E-state index < -0.39 is 0 Å². The minimum absolute atomic E-state index is 0.135. The molecule has 0 saturated carbocycles. The number of hydrogen-bond donors (Lipinski definition) is 2. The molecule has 0 aliphatic rings. The topological polar surface area (TPSA) is 50.4 Å². The quantitative estimate of drug-likeness (QED) is 0.782. The number of ether oxygens (including phenoxy) is 1. The summed E-state index contributed by atoms with van der Waals surface area (Å²) in [6.07, 6.45) is 1.77.